The van der Waals surface area contributed by atoms with Crippen LogP contribution in [-0.4, -0.2) is 32.7 Å². The molecule has 0 fully saturated rings. The molecule has 4 rings (SSSR count). The van der Waals surface area contributed by atoms with Crippen LogP contribution in [0.25, 0.3) is 0 Å². The Hall–Kier alpha value is -4.00. The molecular formula is C23H18ClN5O5S2. The molecule has 0 aliphatic rings. The van der Waals surface area contributed by atoms with Gasteiger partial charge in [0.05, 0.1) is 20.5 Å². The fourth-order valence-electron chi connectivity index (χ4n) is 2.99. The number of halogens is 1. The Balaban J connectivity index is 1.44. The molecule has 3 N–H and O–H groups in total. The van der Waals surface area contributed by atoms with Crippen molar-refractivity contribution in [2.45, 2.75) is 9.79 Å². The third-order valence-electron chi connectivity index (χ3n) is 4.74. The highest BCUT2D eigenvalue weighted by Crippen LogP contribution is 2.26. The van der Waals surface area contributed by atoms with Crippen LogP contribution in [0.2, 0.25) is 5.02 Å². The second kappa shape index (κ2) is 10.3. The Morgan fingerprint density at radius 1 is 0.722 bits per heavy atom. The summed E-state index contributed by atoms with van der Waals surface area (Å²) in [5.41, 5.74) is 0.615. The summed E-state index contributed by atoms with van der Waals surface area (Å²) < 4.78 is 54.6. The van der Waals surface area contributed by atoms with E-state index in [1.807, 2.05) is 0 Å². The minimum Gasteiger partial charge on any atom is -0.322 e. The fraction of sp³-hybridized carbons (Fsp3) is 0. The summed E-state index contributed by atoms with van der Waals surface area (Å²) in [7, 11) is -7.77. The van der Waals surface area contributed by atoms with Crippen LogP contribution in [0, 0.1) is 0 Å². The van der Waals surface area contributed by atoms with Crippen LogP contribution in [0.5, 0.6) is 0 Å². The van der Waals surface area contributed by atoms with Gasteiger partial charge in [-0.2, -0.15) is 0 Å². The maximum absolute atomic E-state index is 12.7. The number of carbonyl (C=O) groups is 1. The first-order chi connectivity index (χ1) is 17.1. The van der Waals surface area contributed by atoms with Crippen molar-refractivity contribution < 1.29 is 21.6 Å². The molecule has 1 aromatic heterocycles. The average Bonchev–Trinajstić information content (AvgIpc) is 2.86. The van der Waals surface area contributed by atoms with Crippen LogP contribution in [0.1, 0.15) is 10.4 Å². The van der Waals surface area contributed by atoms with Gasteiger partial charge in [-0.3, -0.25) is 9.52 Å². The molecule has 0 saturated heterocycles. The van der Waals surface area contributed by atoms with E-state index >= 15 is 0 Å². The second-order valence-electron chi connectivity index (χ2n) is 7.27. The number of carbonyl (C=O) groups excluding carboxylic acids is 1. The monoisotopic (exact) mass is 543 g/mol. The topological polar surface area (TPSA) is 147 Å². The highest BCUT2D eigenvalue weighted by Gasteiger charge is 2.18. The number of aromatic nitrogens is 2. The number of sulfonamides is 2. The SMILES string of the molecule is O=C(Nc1ccc(S(=O)(=O)Nc2ncccn2)cc1)c1ccc(NS(=O)(=O)c2ccccc2)c(Cl)c1. The molecule has 0 aliphatic heterocycles. The van der Waals surface area contributed by atoms with Gasteiger partial charge < -0.3 is 5.32 Å². The van der Waals surface area contributed by atoms with Gasteiger partial charge in [0.2, 0.25) is 5.95 Å². The number of rotatable bonds is 8. The van der Waals surface area contributed by atoms with Crippen molar-refractivity contribution in [3.05, 3.63) is 102 Å². The number of hydrogen-bond donors (Lipinski definition) is 3. The molecule has 0 radical (unpaired) electrons. The van der Waals surface area contributed by atoms with Gasteiger partial charge in [-0.15, -0.1) is 0 Å². The molecular weight excluding hydrogens is 526 g/mol. The van der Waals surface area contributed by atoms with E-state index in [0.29, 0.717) is 5.69 Å². The lowest BCUT2D eigenvalue weighted by Gasteiger charge is -2.11. The van der Waals surface area contributed by atoms with E-state index in [1.54, 1.807) is 24.3 Å². The zero-order valence-corrected chi connectivity index (χ0v) is 20.7. The normalized spacial score (nSPS) is 11.5. The van der Waals surface area contributed by atoms with Gasteiger partial charge in [-0.1, -0.05) is 29.8 Å². The van der Waals surface area contributed by atoms with Gasteiger partial charge in [-0.05, 0) is 60.7 Å². The zero-order chi connectivity index (χ0) is 25.8. The molecule has 0 spiro atoms. The average molecular weight is 544 g/mol. The third-order valence-corrected chi connectivity index (χ3v) is 7.78. The molecule has 0 aliphatic carbocycles. The first-order valence-electron chi connectivity index (χ1n) is 10.2. The fourth-order valence-corrected chi connectivity index (χ4v) is 5.34. The summed E-state index contributed by atoms with van der Waals surface area (Å²) in [6, 6.07) is 18.9. The predicted octanol–water partition coefficient (Wildman–Crippen LogP) is 3.98. The van der Waals surface area contributed by atoms with Crippen molar-refractivity contribution in [3.63, 3.8) is 0 Å². The zero-order valence-electron chi connectivity index (χ0n) is 18.3. The predicted molar refractivity (Wildman–Crippen MR) is 136 cm³/mol. The van der Waals surface area contributed by atoms with Gasteiger partial charge in [0, 0.05) is 23.6 Å². The second-order valence-corrected chi connectivity index (χ2v) is 11.0. The smallest absolute Gasteiger partial charge is 0.264 e. The number of nitrogens with one attached hydrogen (secondary N) is 3. The lowest BCUT2D eigenvalue weighted by atomic mass is 10.2. The van der Waals surface area contributed by atoms with E-state index in [1.165, 1.54) is 67.0 Å². The van der Waals surface area contributed by atoms with Crippen LogP contribution in [-0.2, 0) is 20.0 Å². The summed E-state index contributed by atoms with van der Waals surface area (Å²) >= 11 is 6.22. The minimum atomic E-state index is -3.92. The van der Waals surface area contributed by atoms with Crippen molar-refractivity contribution in [1.82, 2.24) is 9.97 Å². The van der Waals surface area contributed by atoms with Crippen molar-refractivity contribution >= 4 is 54.9 Å². The standard InChI is InChI=1S/C23H18ClN5O5S2/c24-20-15-16(7-12-21(20)28-35(31,32)18-5-2-1-3-6-18)22(30)27-17-8-10-19(11-9-17)36(33,34)29-23-25-13-4-14-26-23/h1-15,28H,(H,27,30)(H,25,26,29). The molecule has 0 unspecified atom stereocenters. The molecule has 184 valence electrons. The number of benzene rings is 3. The third kappa shape index (κ3) is 5.97. The van der Waals surface area contributed by atoms with E-state index in [9.17, 15) is 21.6 Å². The summed E-state index contributed by atoms with van der Waals surface area (Å²) in [6.45, 7) is 0. The van der Waals surface area contributed by atoms with E-state index in [2.05, 4.69) is 24.7 Å². The Labute approximate surface area is 212 Å². The Morgan fingerprint density at radius 2 is 1.33 bits per heavy atom. The van der Waals surface area contributed by atoms with E-state index in [4.69, 9.17) is 11.6 Å². The number of amides is 1. The van der Waals surface area contributed by atoms with Crippen LogP contribution < -0.4 is 14.8 Å². The number of anilines is 3. The van der Waals surface area contributed by atoms with Crippen LogP contribution >= 0.6 is 11.6 Å². The largest absolute Gasteiger partial charge is 0.322 e. The van der Waals surface area contributed by atoms with Gasteiger partial charge in [-0.25, -0.2) is 31.5 Å². The molecule has 10 nitrogen and oxygen atoms in total. The summed E-state index contributed by atoms with van der Waals surface area (Å²) in [6.07, 6.45) is 2.81. The Bertz CT molecular complexity index is 1600. The summed E-state index contributed by atoms with van der Waals surface area (Å²) in [5, 5.41) is 2.66. The maximum atomic E-state index is 12.7. The first-order valence-corrected chi connectivity index (χ1v) is 13.6. The van der Waals surface area contributed by atoms with Gasteiger partial charge in [0.1, 0.15) is 0 Å². The highest BCUT2D eigenvalue weighted by molar-refractivity contribution is 7.93. The number of hydrogen-bond acceptors (Lipinski definition) is 7. The number of nitrogens with zero attached hydrogens (tertiary/aromatic N) is 2. The Kier molecular flexibility index (Phi) is 7.20. The maximum Gasteiger partial charge on any atom is 0.264 e. The molecule has 36 heavy (non-hydrogen) atoms. The lowest BCUT2D eigenvalue weighted by Crippen LogP contribution is -2.16. The molecule has 4 aromatic rings. The van der Waals surface area contributed by atoms with E-state index in [-0.39, 0.29) is 32.0 Å². The molecule has 3 aromatic carbocycles. The molecule has 0 saturated carbocycles. The van der Waals surface area contributed by atoms with Crippen LogP contribution in [0.4, 0.5) is 17.3 Å². The van der Waals surface area contributed by atoms with Gasteiger partial charge in [0.25, 0.3) is 26.0 Å². The molecule has 13 heteroatoms. The quantitative estimate of drug-likeness (QED) is 0.304. The minimum absolute atomic E-state index is 0.0257. The van der Waals surface area contributed by atoms with Crippen molar-refractivity contribution in [3.8, 4) is 0 Å². The van der Waals surface area contributed by atoms with Gasteiger partial charge >= 0.3 is 0 Å². The lowest BCUT2D eigenvalue weighted by molar-refractivity contribution is 0.102. The summed E-state index contributed by atoms with van der Waals surface area (Å²) in [5.74, 6) is -0.595. The summed E-state index contributed by atoms with van der Waals surface area (Å²) in [4.78, 5) is 20.3. The molecule has 0 bridgehead atoms. The van der Waals surface area contributed by atoms with Crippen molar-refractivity contribution in [2.24, 2.45) is 0 Å². The van der Waals surface area contributed by atoms with Crippen LogP contribution in [0.15, 0.2) is 101 Å². The highest BCUT2D eigenvalue weighted by atomic mass is 35.5. The molecule has 1 heterocycles. The van der Waals surface area contributed by atoms with Crippen LogP contribution in [0.3, 0.4) is 0 Å². The Morgan fingerprint density at radius 3 is 1.97 bits per heavy atom. The molecule has 1 amide bonds. The molecule has 0 atom stereocenters. The van der Waals surface area contributed by atoms with E-state index in [0.717, 1.165) is 0 Å². The van der Waals surface area contributed by atoms with Gasteiger partial charge in [0.15, 0.2) is 0 Å². The van der Waals surface area contributed by atoms with E-state index < -0.39 is 26.0 Å². The first kappa shape index (κ1) is 25.1. The van der Waals surface area contributed by atoms with Crippen molar-refractivity contribution in [2.75, 3.05) is 14.8 Å². The van der Waals surface area contributed by atoms with Crippen molar-refractivity contribution in [1.29, 1.82) is 0 Å².